The Morgan fingerprint density at radius 3 is 2.52 bits per heavy atom. The van der Waals surface area contributed by atoms with Gasteiger partial charge in [-0.15, -0.1) is 0 Å². The summed E-state index contributed by atoms with van der Waals surface area (Å²) in [5.41, 5.74) is 3.39. The van der Waals surface area contributed by atoms with Crippen LogP contribution in [-0.2, 0) is 13.1 Å². The summed E-state index contributed by atoms with van der Waals surface area (Å²) in [6, 6.07) is 15.7. The Bertz CT molecular complexity index is 1150. The molecule has 0 unspecified atom stereocenters. The van der Waals surface area contributed by atoms with E-state index in [1.807, 2.05) is 62.9 Å². The molecule has 0 saturated carbocycles. The summed E-state index contributed by atoms with van der Waals surface area (Å²) >= 11 is 0. The average molecular weight is 446 g/mol. The molecule has 2 aromatic carbocycles. The van der Waals surface area contributed by atoms with Gasteiger partial charge in [0.1, 0.15) is 0 Å². The zero-order valence-electron chi connectivity index (χ0n) is 19.2. The highest BCUT2D eigenvalue weighted by Crippen LogP contribution is 2.24. The third-order valence-electron chi connectivity index (χ3n) is 6.77. The molecule has 1 aromatic heterocycles. The largest absolute Gasteiger partial charge is 0.336 e. The second-order valence-electron chi connectivity index (χ2n) is 8.99. The lowest BCUT2D eigenvalue weighted by molar-refractivity contribution is 0.0635. The topological polar surface area (TPSA) is 61.7 Å². The predicted octanol–water partition coefficient (Wildman–Crippen LogP) is 3.25. The van der Waals surface area contributed by atoms with Gasteiger partial charge in [0.05, 0.1) is 11.0 Å². The van der Waals surface area contributed by atoms with Crippen molar-refractivity contribution in [1.29, 1.82) is 0 Å². The van der Waals surface area contributed by atoms with Crippen LogP contribution in [0.1, 0.15) is 46.3 Å². The minimum atomic E-state index is -0.0580. The standard InChI is InChI=1S/C26H31N5O2/c1-2-3-11-28-12-14-29(15-13-28)25(32)21-9-10-23-22(18-21)27-24-26(33)30(16-17-31(23)24)19-20-7-5-4-6-8-20/h4-10,18H,2-3,11-17,19H2,1H3. The van der Waals surface area contributed by atoms with E-state index in [2.05, 4.69) is 16.8 Å². The number of benzene rings is 2. The fourth-order valence-electron chi connectivity index (χ4n) is 4.81. The Kier molecular flexibility index (Phi) is 6.13. The maximum Gasteiger partial charge on any atom is 0.290 e. The van der Waals surface area contributed by atoms with Crippen molar-refractivity contribution in [1.82, 2.24) is 24.3 Å². The van der Waals surface area contributed by atoms with Crippen molar-refractivity contribution in [3.63, 3.8) is 0 Å². The molecule has 5 rings (SSSR count). The fourth-order valence-corrected chi connectivity index (χ4v) is 4.81. The SMILES string of the molecule is CCCCN1CCN(C(=O)c2ccc3c(c2)nc2n3CCN(Cc3ccccc3)C2=O)CC1. The second-order valence-corrected chi connectivity index (χ2v) is 8.99. The molecule has 0 radical (unpaired) electrons. The van der Waals surface area contributed by atoms with E-state index in [1.54, 1.807) is 0 Å². The van der Waals surface area contributed by atoms with Crippen molar-refractivity contribution in [2.24, 2.45) is 0 Å². The Morgan fingerprint density at radius 1 is 0.970 bits per heavy atom. The van der Waals surface area contributed by atoms with Gasteiger partial charge in [0.15, 0.2) is 5.82 Å². The maximum atomic E-state index is 13.1. The lowest BCUT2D eigenvalue weighted by Gasteiger charge is -2.34. The summed E-state index contributed by atoms with van der Waals surface area (Å²) in [5.74, 6) is 0.453. The number of hydrogen-bond donors (Lipinski definition) is 0. The Hall–Kier alpha value is -3.19. The lowest BCUT2D eigenvalue weighted by atomic mass is 10.1. The van der Waals surface area contributed by atoms with Crippen molar-refractivity contribution in [3.05, 3.63) is 65.5 Å². The van der Waals surface area contributed by atoms with Gasteiger partial charge >= 0.3 is 0 Å². The van der Waals surface area contributed by atoms with Gasteiger partial charge in [0, 0.05) is 51.4 Å². The first-order chi connectivity index (χ1) is 16.1. The highest BCUT2D eigenvalue weighted by atomic mass is 16.2. The molecular formula is C26H31N5O2. The summed E-state index contributed by atoms with van der Waals surface area (Å²) in [6.45, 7) is 8.62. The first kappa shape index (κ1) is 21.6. The molecule has 2 aliphatic heterocycles. The molecule has 3 heterocycles. The van der Waals surface area contributed by atoms with Gasteiger partial charge in [0.25, 0.3) is 11.8 Å². The number of imidazole rings is 1. The van der Waals surface area contributed by atoms with Crippen molar-refractivity contribution < 1.29 is 9.59 Å². The minimum Gasteiger partial charge on any atom is -0.336 e. The van der Waals surface area contributed by atoms with Gasteiger partial charge in [0.2, 0.25) is 0 Å². The number of carbonyl (C=O) groups is 2. The molecule has 3 aromatic rings. The van der Waals surface area contributed by atoms with Crippen LogP contribution < -0.4 is 0 Å². The number of hydrogen-bond acceptors (Lipinski definition) is 4. The molecule has 1 saturated heterocycles. The van der Waals surface area contributed by atoms with Crippen LogP contribution in [0.5, 0.6) is 0 Å². The van der Waals surface area contributed by atoms with Crippen LogP contribution in [-0.4, -0.2) is 75.3 Å². The summed E-state index contributed by atoms with van der Waals surface area (Å²) in [6.07, 6.45) is 2.40. The van der Waals surface area contributed by atoms with E-state index in [1.165, 1.54) is 12.8 Å². The van der Waals surface area contributed by atoms with E-state index in [9.17, 15) is 9.59 Å². The molecule has 2 amide bonds. The van der Waals surface area contributed by atoms with Crippen LogP contribution in [0, 0.1) is 0 Å². The van der Waals surface area contributed by atoms with Gasteiger partial charge in [-0.05, 0) is 36.7 Å². The lowest BCUT2D eigenvalue weighted by Crippen LogP contribution is -2.48. The molecule has 1 fully saturated rings. The van der Waals surface area contributed by atoms with Crippen molar-refractivity contribution in [3.8, 4) is 0 Å². The minimum absolute atomic E-state index is 0.0510. The summed E-state index contributed by atoms with van der Waals surface area (Å²) in [4.78, 5) is 37.1. The quantitative estimate of drug-likeness (QED) is 0.584. The molecule has 0 N–H and O–H groups in total. The van der Waals surface area contributed by atoms with Gasteiger partial charge in [-0.25, -0.2) is 4.98 Å². The van der Waals surface area contributed by atoms with E-state index < -0.39 is 0 Å². The van der Waals surface area contributed by atoms with Crippen molar-refractivity contribution in [2.75, 3.05) is 39.3 Å². The third kappa shape index (κ3) is 4.37. The van der Waals surface area contributed by atoms with E-state index in [-0.39, 0.29) is 11.8 Å². The van der Waals surface area contributed by atoms with E-state index in [0.717, 1.165) is 43.8 Å². The Morgan fingerprint density at radius 2 is 1.76 bits per heavy atom. The number of carbonyl (C=O) groups excluding carboxylic acids is 2. The Balaban J connectivity index is 1.31. The smallest absolute Gasteiger partial charge is 0.290 e. The molecule has 172 valence electrons. The zero-order chi connectivity index (χ0) is 22.8. The highest BCUT2D eigenvalue weighted by molar-refractivity contribution is 6.00. The molecule has 0 bridgehead atoms. The number of fused-ring (bicyclic) bond motifs is 3. The third-order valence-corrected chi connectivity index (χ3v) is 6.77. The fraction of sp³-hybridized carbons (Fsp3) is 0.423. The molecule has 0 atom stereocenters. The number of unbranched alkanes of at least 4 members (excludes halogenated alkanes) is 1. The summed E-state index contributed by atoms with van der Waals surface area (Å²) < 4.78 is 1.99. The number of aromatic nitrogens is 2. The molecule has 7 heteroatoms. The Labute approximate surface area is 194 Å². The number of nitrogens with zero attached hydrogens (tertiary/aromatic N) is 5. The molecule has 0 aliphatic carbocycles. The van der Waals surface area contributed by atoms with Crippen LogP contribution in [0.15, 0.2) is 48.5 Å². The summed E-state index contributed by atoms with van der Waals surface area (Å²) in [7, 11) is 0. The molecular weight excluding hydrogens is 414 g/mol. The number of amides is 2. The zero-order valence-corrected chi connectivity index (χ0v) is 19.2. The monoisotopic (exact) mass is 445 g/mol. The molecule has 0 spiro atoms. The molecule has 33 heavy (non-hydrogen) atoms. The second kappa shape index (κ2) is 9.35. The van der Waals surface area contributed by atoms with E-state index in [4.69, 9.17) is 0 Å². The van der Waals surface area contributed by atoms with Gasteiger partial charge in [-0.1, -0.05) is 43.7 Å². The van der Waals surface area contributed by atoms with Crippen LogP contribution in [0.3, 0.4) is 0 Å². The van der Waals surface area contributed by atoms with Crippen molar-refractivity contribution in [2.45, 2.75) is 32.9 Å². The molecule has 2 aliphatic rings. The predicted molar refractivity (Wildman–Crippen MR) is 128 cm³/mol. The molecule has 7 nitrogen and oxygen atoms in total. The number of piperazine rings is 1. The number of rotatable bonds is 6. The van der Waals surface area contributed by atoms with Gasteiger partial charge in [-0.3, -0.25) is 14.5 Å². The van der Waals surface area contributed by atoms with E-state index in [0.29, 0.717) is 36.5 Å². The maximum absolute atomic E-state index is 13.1. The van der Waals surface area contributed by atoms with Gasteiger partial charge < -0.3 is 14.4 Å². The van der Waals surface area contributed by atoms with Crippen molar-refractivity contribution >= 4 is 22.8 Å². The normalized spacial score (nSPS) is 16.9. The van der Waals surface area contributed by atoms with Crippen LogP contribution in [0.2, 0.25) is 0 Å². The van der Waals surface area contributed by atoms with Gasteiger partial charge in [-0.2, -0.15) is 0 Å². The van der Waals surface area contributed by atoms with Crippen LogP contribution in [0.25, 0.3) is 11.0 Å². The first-order valence-corrected chi connectivity index (χ1v) is 12.0. The highest BCUT2D eigenvalue weighted by Gasteiger charge is 2.29. The van der Waals surface area contributed by atoms with Crippen LogP contribution >= 0.6 is 0 Å². The summed E-state index contributed by atoms with van der Waals surface area (Å²) in [5, 5.41) is 0. The van der Waals surface area contributed by atoms with E-state index >= 15 is 0 Å². The average Bonchev–Trinajstić information content (AvgIpc) is 3.23. The van der Waals surface area contributed by atoms with Crippen LogP contribution in [0.4, 0.5) is 0 Å². The first-order valence-electron chi connectivity index (χ1n) is 12.0.